The van der Waals surface area contributed by atoms with Crippen molar-refractivity contribution in [2.45, 2.75) is 25.0 Å². The standard InChI is InChI=1S/C61H48Cl2N10O19P2/c62-25-35-27-70(51-23-45(39-5-1-3-7-41(39)55(35)51)68-60(77)89-29-31-9-15-49(72(79)80)53(17-31)91-93(83,84)85)57(74)47-20-33-11-12-38(22-44(33)67-47)65-59(76)64-37-13-14-43-34(19-37)21-48(66-43)58(75)71-28-36(26-63)56-42-8-4-2-6-40(42)46(24-52(56)71)69-61(78)90-30-32-10-16-50(73(81)82)54(18-32)92-94(86,87)88/h1-24,35-36,66-67H,25-30H2,(H,68,77)(H,69,78)(H2,64,65,76)(H2,83,84,85)(H2,86,87,88). The molecule has 0 aliphatic carbocycles. The first-order valence-corrected chi connectivity index (χ1v) is 32.1. The normalized spacial score (nSPS) is 14.4. The predicted molar refractivity (Wildman–Crippen MR) is 347 cm³/mol. The molecule has 10 N–H and O–H groups in total. The van der Waals surface area contributed by atoms with Gasteiger partial charge in [-0.3, -0.25) is 60.0 Å². The first-order valence-electron chi connectivity index (χ1n) is 28.0. The summed E-state index contributed by atoms with van der Waals surface area (Å²) in [5.41, 5.74) is 3.97. The number of phosphoric ester groups is 2. The summed E-state index contributed by atoms with van der Waals surface area (Å²) in [7, 11) is -10.4. The molecule has 6 amide bonds. The molecule has 29 nitrogen and oxygen atoms in total. The van der Waals surface area contributed by atoms with E-state index in [0.717, 1.165) is 35.4 Å². The van der Waals surface area contributed by atoms with Gasteiger partial charge in [-0.25, -0.2) is 23.5 Å². The fourth-order valence-corrected chi connectivity index (χ4v) is 12.9. The molecule has 4 heterocycles. The Hall–Kier alpha value is -10.6. The highest BCUT2D eigenvalue weighted by Crippen LogP contribution is 2.49. The molecule has 0 saturated carbocycles. The molecule has 10 aromatic rings. The lowest BCUT2D eigenvalue weighted by molar-refractivity contribution is -0.385. The Morgan fingerprint density at radius 3 is 1.43 bits per heavy atom. The molecule has 33 heteroatoms. The number of amides is 6. The molecular formula is C61H48Cl2N10O19P2. The van der Waals surface area contributed by atoms with E-state index in [0.29, 0.717) is 66.1 Å². The largest absolute Gasteiger partial charge is 0.525 e. The Labute approximate surface area is 538 Å². The smallest absolute Gasteiger partial charge is 0.444 e. The van der Waals surface area contributed by atoms with Crippen molar-refractivity contribution in [2.24, 2.45) is 0 Å². The molecule has 94 heavy (non-hydrogen) atoms. The number of alkyl halides is 2. The zero-order chi connectivity index (χ0) is 66.5. The third-order valence-electron chi connectivity index (χ3n) is 15.5. The number of H-pyrrole nitrogens is 2. The molecule has 0 radical (unpaired) electrons. The summed E-state index contributed by atoms with van der Waals surface area (Å²) in [5.74, 6) is -2.68. The van der Waals surface area contributed by atoms with E-state index in [1.54, 1.807) is 97.1 Å². The second-order valence-electron chi connectivity index (χ2n) is 21.6. The van der Waals surface area contributed by atoms with Crippen molar-refractivity contribution in [3.8, 4) is 11.5 Å². The Morgan fingerprint density at radius 2 is 0.968 bits per heavy atom. The fourth-order valence-electron chi connectivity index (χ4n) is 11.6. The summed E-state index contributed by atoms with van der Waals surface area (Å²) in [4.78, 5) is 137. The highest BCUT2D eigenvalue weighted by Gasteiger charge is 2.38. The summed E-state index contributed by atoms with van der Waals surface area (Å²) in [6.07, 6.45) is -1.93. The Morgan fingerprint density at radius 1 is 0.532 bits per heavy atom. The molecule has 480 valence electrons. The molecule has 0 saturated heterocycles. The average Bonchev–Trinajstić information content (AvgIpc) is 1.57. The van der Waals surface area contributed by atoms with E-state index < -0.39 is 91.6 Å². The zero-order valence-electron chi connectivity index (χ0n) is 48.1. The number of benzene rings is 8. The molecule has 0 spiro atoms. The number of nitro groups is 2. The van der Waals surface area contributed by atoms with Crippen molar-refractivity contribution in [1.82, 2.24) is 9.97 Å². The number of hydrogen-bond donors (Lipinski definition) is 10. The fraction of sp³-hybridized carbons (Fsp3) is 0.131. The van der Waals surface area contributed by atoms with Gasteiger partial charge in [0.25, 0.3) is 11.8 Å². The van der Waals surface area contributed by atoms with Gasteiger partial charge in [0.1, 0.15) is 24.6 Å². The van der Waals surface area contributed by atoms with E-state index >= 15 is 0 Å². The van der Waals surface area contributed by atoms with Crippen molar-refractivity contribution in [3.05, 3.63) is 199 Å². The van der Waals surface area contributed by atoms with Crippen LogP contribution in [0.5, 0.6) is 11.5 Å². The number of urea groups is 1. The zero-order valence-corrected chi connectivity index (χ0v) is 51.4. The number of carbonyl (C=O) groups excluding carboxylic acids is 5. The number of hydrogen-bond acceptors (Lipinski definition) is 15. The van der Waals surface area contributed by atoms with E-state index in [2.05, 4.69) is 40.3 Å². The van der Waals surface area contributed by atoms with Crippen molar-refractivity contribution in [1.29, 1.82) is 0 Å². The van der Waals surface area contributed by atoms with Crippen LogP contribution in [0.25, 0.3) is 43.4 Å². The van der Waals surface area contributed by atoms with E-state index in [1.165, 1.54) is 21.9 Å². The van der Waals surface area contributed by atoms with Gasteiger partial charge in [-0.2, -0.15) is 0 Å². The van der Waals surface area contributed by atoms with Crippen LogP contribution in [0.4, 0.5) is 59.9 Å². The van der Waals surface area contributed by atoms with E-state index in [4.69, 9.17) is 32.7 Å². The van der Waals surface area contributed by atoms with Crippen molar-refractivity contribution in [2.75, 3.05) is 55.9 Å². The maximum absolute atomic E-state index is 14.6. The lowest BCUT2D eigenvalue weighted by Crippen LogP contribution is -2.30. The molecule has 2 unspecified atom stereocenters. The summed E-state index contributed by atoms with van der Waals surface area (Å²) in [5, 5.41) is 37.8. The lowest BCUT2D eigenvalue weighted by atomic mass is 9.95. The Kier molecular flexibility index (Phi) is 17.2. The topological polar surface area (TPSA) is 410 Å². The molecule has 0 fully saturated rings. The number of aromatic nitrogens is 2. The maximum atomic E-state index is 14.6. The van der Waals surface area contributed by atoms with Crippen LogP contribution in [0.15, 0.2) is 146 Å². The molecule has 0 bridgehead atoms. The number of halogens is 2. The molecule has 2 atom stereocenters. The van der Waals surface area contributed by atoms with E-state index in [9.17, 15) is 72.9 Å². The van der Waals surface area contributed by atoms with Crippen LogP contribution in [0.1, 0.15) is 55.1 Å². The van der Waals surface area contributed by atoms with Crippen molar-refractivity contribution in [3.63, 3.8) is 0 Å². The number of aromatic amines is 2. The Bertz CT molecular complexity index is 4640. The average molecular weight is 1360 g/mol. The lowest BCUT2D eigenvalue weighted by Gasteiger charge is -2.19. The number of nitrogens with one attached hydrogen (secondary N) is 6. The number of nitrogens with zero attached hydrogens (tertiary/aromatic N) is 4. The molecule has 8 aromatic carbocycles. The van der Waals surface area contributed by atoms with Gasteiger partial charge >= 0.3 is 45.2 Å². The van der Waals surface area contributed by atoms with Crippen LogP contribution < -0.4 is 40.1 Å². The van der Waals surface area contributed by atoms with Gasteiger partial charge in [-0.05, 0) is 112 Å². The molecular weight excluding hydrogens is 1310 g/mol. The van der Waals surface area contributed by atoms with Crippen molar-refractivity contribution >= 4 is 158 Å². The molecule has 12 rings (SSSR count). The second kappa shape index (κ2) is 25.5. The minimum atomic E-state index is -5.19. The van der Waals surface area contributed by atoms with Crippen LogP contribution in [0, 0.1) is 20.2 Å². The third kappa shape index (κ3) is 13.2. The summed E-state index contributed by atoms with van der Waals surface area (Å²) in [6.45, 7) is -0.610. The van der Waals surface area contributed by atoms with Gasteiger partial charge < -0.3 is 48.9 Å². The molecule has 2 aliphatic heterocycles. The highest BCUT2D eigenvalue weighted by molar-refractivity contribution is 7.47. The van der Waals surface area contributed by atoms with Gasteiger partial charge in [0.2, 0.25) is 11.5 Å². The predicted octanol–water partition coefficient (Wildman–Crippen LogP) is 12.8. The minimum absolute atomic E-state index is 0.113. The number of anilines is 6. The monoisotopic (exact) mass is 1360 g/mol. The minimum Gasteiger partial charge on any atom is -0.444 e. The quantitative estimate of drug-likeness (QED) is 0.0165. The van der Waals surface area contributed by atoms with Crippen LogP contribution >= 0.6 is 38.8 Å². The van der Waals surface area contributed by atoms with Crippen molar-refractivity contribution < 1.29 is 81.0 Å². The van der Waals surface area contributed by atoms with E-state index in [1.807, 2.05) is 12.1 Å². The van der Waals surface area contributed by atoms with Gasteiger partial charge in [0.05, 0.1) is 32.6 Å². The molecule has 2 aromatic heterocycles. The number of ether oxygens (including phenoxy) is 2. The highest BCUT2D eigenvalue weighted by atomic mass is 35.5. The maximum Gasteiger partial charge on any atom is 0.525 e. The first kappa shape index (κ1) is 63.5. The summed E-state index contributed by atoms with van der Waals surface area (Å²) in [6, 6.07) is 36.6. The van der Waals surface area contributed by atoms with Crippen LogP contribution in [-0.2, 0) is 31.8 Å². The number of nitro benzene ring substituents is 2. The SMILES string of the molecule is O=C(Nc1ccc2[nH]c(C(=O)N3CC(CCl)c4c3cc(NC(=O)OCc3ccc([N+](=O)[O-])c(OP(=O)(O)O)c3)c3ccccc43)cc2c1)Nc1ccc2cc(C(=O)N3CC(CCl)c4c3cc(NC(=O)OCc3ccc([N+](=O)[O-])c(OP(=O)(O)O)c3)c3ccccc43)[nH]c2c1. The van der Waals surface area contributed by atoms with Gasteiger partial charge in [0.15, 0.2) is 0 Å². The summed E-state index contributed by atoms with van der Waals surface area (Å²) < 4.78 is 42.8. The number of fused-ring (bicyclic) bond motifs is 8. The Balaban J connectivity index is 0.714. The van der Waals surface area contributed by atoms with Gasteiger partial charge in [-0.1, -0.05) is 54.6 Å². The van der Waals surface area contributed by atoms with E-state index in [-0.39, 0.29) is 70.6 Å². The second-order valence-corrected chi connectivity index (χ2v) is 24.5. The first-order chi connectivity index (χ1) is 44.9. The summed E-state index contributed by atoms with van der Waals surface area (Å²) >= 11 is 13.1. The molecule has 2 aliphatic rings. The van der Waals surface area contributed by atoms with Crippen LogP contribution in [-0.4, -0.2) is 94.3 Å². The van der Waals surface area contributed by atoms with Gasteiger partial charge in [0, 0.05) is 92.8 Å². The number of phosphoric acid groups is 2. The number of carbonyl (C=O) groups is 5. The van der Waals surface area contributed by atoms with Crippen LogP contribution in [0.2, 0.25) is 0 Å². The number of rotatable bonds is 18. The third-order valence-corrected chi connectivity index (χ3v) is 17.1. The van der Waals surface area contributed by atoms with Gasteiger partial charge in [-0.15, -0.1) is 23.2 Å². The van der Waals surface area contributed by atoms with Crippen LogP contribution in [0.3, 0.4) is 0 Å².